The standard InChI is InChI=1S/C15H16FNO2S/c1-4-19-13(18)12-9-20-14(17-12)15(2,3)10-5-7-11(16)8-6-10/h5-9H,4H2,1-3H3. The van der Waals surface area contributed by atoms with E-state index in [0.29, 0.717) is 12.3 Å². The van der Waals surface area contributed by atoms with Gasteiger partial charge >= 0.3 is 5.97 Å². The summed E-state index contributed by atoms with van der Waals surface area (Å²) in [6.45, 7) is 6.07. The van der Waals surface area contributed by atoms with Crippen molar-refractivity contribution in [2.24, 2.45) is 0 Å². The van der Waals surface area contributed by atoms with Crippen LogP contribution in [0.2, 0.25) is 0 Å². The molecule has 2 aromatic rings. The van der Waals surface area contributed by atoms with Crippen molar-refractivity contribution >= 4 is 17.3 Å². The molecule has 3 nitrogen and oxygen atoms in total. The fraction of sp³-hybridized carbons (Fsp3) is 0.333. The SMILES string of the molecule is CCOC(=O)c1csc(C(C)(C)c2ccc(F)cc2)n1. The van der Waals surface area contributed by atoms with Gasteiger partial charge in [-0.05, 0) is 38.5 Å². The van der Waals surface area contributed by atoms with Crippen LogP contribution in [-0.4, -0.2) is 17.6 Å². The van der Waals surface area contributed by atoms with Gasteiger partial charge in [0.2, 0.25) is 0 Å². The van der Waals surface area contributed by atoms with Crippen molar-refractivity contribution < 1.29 is 13.9 Å². The summed E-state index contributed by atoms with van der Waals surface area (Å²) in [5, 5.41) is 2.49. The lowest BCUT2D eigenvalue weighted by Crippen LogP contribution is -2.19. The average molecular weight is 293 g/mol. The molecule has 0 aliphatic carbocycles. The molecule has 0 aliphatic heterocycles. The third kappa shape index (κ3) is 2.88. The number of hydrogen-bond acceptors (Lipinski definition) is 4. The Morgan fingerprint density at radius 2 is 2.00 bits per heavy atom. The molecule has 1 aromatic carbocycles. The molecule has 0 radical (unpaired) electrons. The maximum atomic E-state index is 13.0. The van der Waals surface area contributed by atoms with Gasteiger partial charge in [0.15, 0.2) is 5.69 Å². The van der Waals surface area contributed by atoms with E-state index in [9.17, 15) is 9.18 Å². The van der Waals surface area contributed by atoms with E-state index in [1.807, 2.05) is 13.8 Å². The zero-order valence-corrected chi connectivity index (χ0v) is 12.5. The van der Waals surface area contributed by atoms with Crippen molar-refractivity contribution in [2.75, 3.05) is 6.61 Å². The van der Waals surface area contributed by atoms with Crippen molar-refractivity contribution in [3.05, 3.63) is 51.7 Å². The molecule has 0 fully saturated rings. The van der Waals surface area contributed by atoms with Gasteiger partial charge in [-0.2, -0.15) is 0 Å². The summed E-state index contributed by atoms with van der Waals surface area (Å²) in [6, 6.07) is 6.33. The van der Waals surface area contributed by atoms with Crippen LogP contribution in [0.4, 0.5) is 4.39 Å². The molecule has 20 heavy (non-hydrogen) atoms. The Labute approximate surface area is 121 Å². The average Bonchev–Trinajstić information content (AvgIpc) is 2.90. The van der Waals surface area contributed by atoms with E-state index >= 15 is 0 Å². The number of esters is 1. The van der Waals surface area contributed by atoms with Crippen molar-refractivity contribution in [3.8, 4) is 0 Å². The van der Waals surface area contributed by atoms with Crippen LogP contribution >= 0.6 is 11.3 Å². The zero-order chi connectivity index (χ0) is 14.8. The van der Waals surface area contributed by atoms with E-state index < -0.39 is 5.97 Å². The maximum absolute atomic E-state index is 13.0. The largest absolute Gasteiger partial charge is 0.461 e. The second-order valence-electron chi connectivity index (χ2n) is 4.89. The summed E-state index contributed by atoms with van der Waals surface area (Å²) >= 11 is 1.40. The highest BCUT2D eigenvalue weighted by Crippen LogP contribution is 2.33. The van der Waals surface area contributed by atoms with Gasteiger partial charge in [-0.15, -0.1) is 11.3 Å². The van der Waals surface area contributed by atoms with Gasteiger partial charge in [0, 0.05) is 10.8 Å². The van der Waals surface area contributed by atoms with Crippen LogP contribution in [0.1, 0.15) is 41.8 Å². The van der Waals surface area contributed by atoms with E-state index in [-0.39, 0.29) is 11.2 Å². The molecule has 1 heterocycles. The predicted molar refractivity (Wildman–Crippen MR) is 76.6 cm³/mol. The lowest BCUT2D eigenvalue weighted by Gasteiger charge is -2.22. The fourth-order valence-corrected chi connectivity index (χ4v) is 2.79. The van der Waals surface area contributed by atoms with Gasteiger partial charge in [-0.3, -0.25) is 0 Å². The number of ether oxygens (including phenoxy) is 1. The molecule has 0 N–H and O–H groups in total. The number of nitrogens with zero attached hydrogens (tertiary/aromatic N) is 1. The van der Waals surface area contributed by atoms with E-state index in [1.165, 1.54) is 23.5 Å². The normalized spacial score (nSPS) is 11.4. The number of halogens is 1. The molecule has 0 aliphatic rings. The van der Waals surface area contributed by atoms with E-state index in [1.54, 1.807) is 24.4 Å². The quantitative estimate of drug-likeness (QED) is 0.805. The minimum Gasteiger partial charge on any atom is -0.461 e. The highest BCUT2D eigenvalue weighted by molar-refractivity contribution is 7.10. The molecule has 1 aromatic heterocycles. The molecule has 0 unspecified atom stereocenters. The third-order valence-electron chi connectivity index (χ3n) is 3.09. The van der Waals surface area contributed by atoms with Gasteiger partial charge in [0.1, 0.15) is 10.8 Å². The molecule has 0 atom stereocenters. The number of rotatable bonds is 4. The molecule has 106 valence electrons. The highest BCUT2D eigenvalue weighted by atomic mass is 32.1. The summed E-state index contributed by atoms with van der Waals surface area (Å²) in [6.07, 6.45) is 0. The first-order valence-electron chi connectivity index (χ1n) is 6.34. The van der Waals surface area contributed by atoms with Crippen LogP contribution in [-0.2, 0) is 10.2 Å². The Hall–Kier alpha value is -1.75. The van der Waals surface area contributed by atoms with Gasteiger partial charge in [0.05, 0.1) is 6.61 Å². The van der Waals surface area contributed by atoms with Gasteiger partial charge in [-0.1, -0.05) is 12.1 Å². The number of benzene rings is 1. The summed E-state index contributed by atoms with van der Waals surface area (Å²) in [5.41, 5.74) is 0.883. The van der Waals surface area contributed by atoms with Crippen molar-refractivity contribution in [2.45, 2.75) is 26.2 Å². The third-order valence-corrected chi connectivity index (χ3v) is 4.26. The van der Waals surface area contributed by atoms with Crippen LogP contribution < -0.4 is 0 Å². The van der Waals surface area contributed by atoms with Crippen molar-refractivity contribution in [1.82, 2.24) is 4.98 Å². The molecule has 0 bridgehead atoms. The maximum Gasteiger partial charge on any atom is 0.357 e. The number of carbonyl (C=O) groups excluding carboxylic acids is 1. The smallest absolute Gasteiger partial charge is 0.357 e. The number of hydrogen-bond donors (Lipinski definition) is 0. The second kappa shape index (κ2) is 5.71. The van der Waals surface area contributed by atoms with Crippen molar-refractivity contribution in [1.29, 1.82) is 0 Å². The number of thiazole rings is 1. The minimum absolute atomic E-state index is 0.268. The topological polar surface area (TPSA) is 39.2 Å². The first-order valence-corrected chi connectivity index (χ1v) is 7.22. The number of carbonyl (C=O) groups is 1. The van der Waals surface area contributed by atoms with Crippen LogP contribution in [0.25, 0.3) is 0 Å². The Kier molecular flexibility index (Phi) is 4.18. The van der Waals surface area contributed by atoms with E-state index in [4.69, 9.17) is 4.74 Å². The molecule has 0 amide bonds. The Morgan fingerprint density at radius 1 is 1.35 bits per heavy atom. The molecular weight excluding hydrogens is 277 g/mol. The molecule has 5 heteroatoms. The Morgan fingerprint density at radius 3 is 2.60 bits per heavy atom. The molecule has 0 saturated heterocycles. The van der Waals surface area contributed by atoms with Crippen molar-refractivity contribution in [3.63, 3.8) is 0 Å². The van der Waals surface area contributed by atoms with Gasteiger partial charge in [0.25, 0.3) is 0 Å². The van der Waals surface area contributed by atoms with Gasteiger partial charge in [-0.25, -0.2) is 14.2 Å². The summed E-state index contributed by atoms with van der Waals surface area (Å²) in [5.74, 6) is -0.680. The van der Waals surface area contributed by atoms with E-state index in [2.05, 4.69) is 4.98 Å². The molecule has 0 spiro atoms. The van der Waals surface area contributed by atoms with Crippen LogP contribution in [0, 0.1) is 5.82 Å². The van der Waals surface area contributed by atoms with Crippen LogP contribution in [0.5, 0.6) is 0 Å². The fourth-order valence-electron chi connectivity index (χ4n) is 1.85. The molecule has 2 rings (SSSR count). The minimum atomic E-state index is -0.412. The van der Waals surface area contributed by atoms with Crippen LogP contribution in [0.15, 0.2) is 29.6 Å². The Bertz CT molecular complexity index is 605. The summed E-state index contributed by atoms with van der Waals surface area (Å²) in [7, 11) is 0. The molecule has 0 saturated carbocycles. The van der Waals surface area contributed by atoms with E-state index in [0.717, 1.165) is 10.6 Å². The Balaban J connectivity index is 2.30. The summed E-state index contributed by atoms with van der Waals surface area (Å²) in [4.78, 5) is 16.0. The first kappa shape index (κ1) is 14.7. The molecular formula is C15H16FNO2S. The van der Waals surface area contributed by atoms with Crippen LogP contribution in [0.3, 0.4) is 0 Å². The zero-order valence-electron chi connectivity index (χ0n) is 11.6. The summed E-state index contributed by atoms with van der Waals surface area (Å²) < 4.78 is 17.9. The lowest BCUT2D eigenvalue weighted by atomic mass is 9.85. The number of aromatic nitrogens is 1. The lowest BCUT2D eigenvalue weighted by molar-refractivity contribution is 0.0520. The predicted octanol–water partition coefficient (Wildman–Crippen LogP) is 3.78. The van der Waals surface area contributed by atoms with Gasteiger partial charge < -0.3 is 4.74 Å². The second-order valence-corrected chi connectivity index (χ2v) is 5.75. The monoisotopic (exact) mass is 293 g/mol. The first-order chi connectivity index (χ1) is 9.45. The highest BCUT2D eigenvalue weighted by Gasteiger charge is 2.27.